The number of thiophene rings is 1. The number of para-hydroxylation sites is 2. The molecule has 6 heteroatoms. The Kier molecular flexibility index (Phi) is 6.39. The Labute approximate surface area is 160 Å². The zero-order valence-electron chi connectivity index (χ0n) is 15.8. The van der Waals surface area contributed by atoms with Crippen molar-refractivity contribution in [2.24, 2.45) is 4.99 Å². The SMILES string of the molecule is CCNC(=NCc1ccc(C)s1)NC1CCN(c2ccccc2OC)C1. The summed E-state index contributed by atoms with van der Waals surface area (Å²) in [7, 11) is 1.73. The van der Waals surface area contributed by atoms with Crippen LogP contribution in [-0.4, -0.2) is 38.7 Å². The first-order valence-electron chi connectivity index (χ1n) is 9.17. The molecule has 5 nitrogen and oxygen atoms in total. The number of aryl methyl sites for hydroxylation is 1. The van der Waals surface area contributed by atoms with Gasteiger partial charge in [0.25, 0.3) is 0 Å². The van der Waals surface area contributed by atoms with Crippen molar-refractivity contribution >= 4 is 23.0 Å². The van der Waals surface area contributed by atoms with Crippen LogP contribution >= 0.6 is 11.3 Å². The summed E-state index contributed by atoms with van der Waals surface area (Å²) in [6.45, 7) is 7.77. The van der Waals surface area contributed by atoms with E-state index in [0.29, 0.717) is 6.04 Å². The molecule has 1 aromatic carbocycles. The summed E-state index contributed by atoms with van der Waals surface area (Å²) < 4.78 is 5.51. The molecule has 1 aliphatic rings. The minimum Gasteiger partial charge on any atom is -0.495 e. The third-order valence-electron chi connectivity index (χ3n) is 4.49. The Morgan fingerprint density at radius 2 is 2.15 bits per heavy atom. The van der Waals surface area contributed by atoms with Crippen LogP contribution in [0.1, 0.15) is 23.1 Å². The Hall–Kier alpha value is -2.21. The van der Waals surface area contributed by atoms with Gasteiger partial charge in [-0.05, 0) is 44.5 Å². The molecule has 2 aromatic rings. The molecular formula is C20H28N4OS. The Morgan fingerprint density at radius 1 is 1.31 bits per heavy atom. The molecule has 0 saturated carbocycles. The van der Waals surface area contributed by atoms with Crippen LogP contribution < -0.4 is 20.3 Å². The van der Waals surface area contributed by atoms with E-state index < -0.39 is 0 Å². The molecule has 0 aliphatic carbocycles. The van der Waals surface area contributed by atoms with Gasteiger partial charge in [0.2, 0.25) is 0 Å². The van der Waals surface area contributed by atoms with E-state index in [1.54, 1.807) is 7.11 Å². The van der Waals surface area contributed by atoms with Gasteiger partial charge >= 0.3 is 0 Å². The normalized spacial score (nSPS) is 17.4. The lowest BCUT2D eigenvalue weighted by molar-refractivity contribution is 0.415. The van der Waals surface area contributed by atoms with Crippen molar-refractivity contribution in [3.8, 4) is 5.75 Å². The summed E-state index contributed by atoms with van der Waals surface area (Å²) in [5.74, 6) is 1.83. The molecule has 0 spiro atoms. The van der Waals surface area contributed by atoms with Crippen LogP contribution in [-0.2, 0) is 6.54 Å². The Balaban J connectivity index is 1.61. The average Bonchev–Trinajstić information content (AvgIpc) is 3.29. The van der Waals surface area contributed by atoms with Crippen molar-refractivity contribution in [1.82, 2.24) is 10.6 Å². The van der Waals surface area contributed by atoms with Crippen molar-refractivity contribution < 1.29 is 4.74 Å². The Morgan fingerprint density at radius 3 is 2.88 bits per heavy atom. The largest absolute Gasteiger partial charge is 0.495 e. The summed E-state index contributed by atoms with van der Waals surface area (Å²) in [6.07, 6.45) is 1.08. The molecule has 2 N–H and O–H groups in total. The van der Waals surface area contributed by atoms with Crippen molar-refractivity contribution in [2.45, 2.75) is 32.9 Å². The predicted octanol–water partition coefficient (Wildman–Crippen LogP) is 3.40. The molecule has 3 rings (SSSR count). The van der Waals surface area contributed by atoms with Crippen LogP contribution in [0.25, 0.3) is 0 Å². The predicted molar refractivity (Wildman–Crippen MR) is 111 cm³/mol. The van der Waals surface area contributed by atoms with Crippen LogP contribution in [0.2, 0.25) is 0 Å². The number of methoxy groups -OCH3 is 1. The molecule has 1 fully saturated rings. The molecule has 26 heavy (non-hydrogen) atoms. The first kappa shape index (κ1) is 18.6. The number of nitrogens with zero attached hydrogens (tertiary/aromatic N) is 2. The molecule has 1 aromatic heterocycles. The van der Waals surface area contributed by atoms with Crippen LogP contribution in [0.15, 0.2) is 41.4 Å². The second-order valence-corrected chi connectivity index (χ2v) is 7.83. The molecule has 0 amide bonds. The molecule has 1 unspecified atom stereocenters. The lowest BCUT2D eigenvalue weighted by atomic mass is 10.2. The highest BCUT2D eigenvalue weighted by molar-refractivity contribution is 7.11. The monoisotopic (exact) mass is 372 g/mol. The van der Waals surface area contributed by atoms with E-state index in [9.17, 15) is 0 Å². The molecule has 0 bridgehead atoms. The maximum atomic E-state index is 5.51. The zero-order chi connectivity index (χ0) is 18.4. The van der Waals surface area contributed by atoms with E-state index in [1.165, 1.54) is 9.75 Å². The number of guanidine groups is 1. The Bertz CT molecular complexity index is 743. The summed E-state index contributed by atoms with van der Waals surface area (Å²) >= 11 is 1.81. The number of rotatable bonds is 6. The van der Waals surface area contributed by atoms with Crippen LogP contribution in [0, 0.1) is 6.92 Å². The first-order chi connectivity index (χ1) is 12.7. The number of hydrogen-bond acceptors (Lipinski definition) is 4. The minimum atomic E-state index is 0.378. The quantitative estimate of drug-likeness (QED) is 0.603. The summed E-state index contributed by atoms with van der Waals surface area (Å²) in [5, 5.41) is 6.96. The van der Waals surface area contributed by atoms with Crippen molar-refractivity contribution in [1.29, 1.82) is 0 Å². The number of nitrogens with one attached hydrogen (secondary N) is 2. The summed E-state index contributed by atoms with van der Waals surface area (Å²) in [4.78, 5) is 9.75. The van der Waals surface area contributed by atoms with E-state index in [0.717, 1.165) is 50.0 Å². The summed E-state index contributed by atoms with van der Waals surface area (Å²) in [5.41, 5.74) is 1.16. The van der Waals surface area contributed by atoms with Crippen molar-refractivity contribution in [3.63, 3.8) is 0 Å². The van der Waals surface area contributed by atoms with E-state index >= 15 is 0 Å². The fourth-order valence-electron chi connectivity index (χ4n) is 3.23. The maximum absolute atomic E-state index is 5.51. The van der Waals surface area contributed by atoms with Crippen LogP contribution in [0.3, 0.4) is 0 Å². The number of aliphatic imine (C=N–C) groups is 1. The lowest BCUT2D eigenvalue weighted by Gasteiger charge is -2.22. The number of ether oxygens (including phenoxy) is 1. The number of anilines is 1. The first-order valence-corrected chi connectivity index (χ1v) is 9.99. The van der Waals surface area contributed by atoms with Gasteiger partial charge in [0.15, 0.2) is 5.96 Å². The van der Waals surface area contributed by atoms with Gasteiger partial charge in [-0.25, -0.2) is 4.99 Å². The second kappa shape index (κ2) is 8.94. The van der Waals surface area contributed by atoms with E-state index in [1.807, 2.05) is 23.5 Å². The van der Waals surface area contributed by atoms with Gasteiger partial charge in [0.05, 0.1) is 19.3 Å². The van der Waals surface area contributed by atoms with E-state index in [4.69, 9.17) is 9.73 Å². The van der Waals surface area contributed by atoms with Gasteiger partial charge in [0, 0.05) is 35.4 Å². The number of hydrogen-bond donors (Lipinski definition) is 2. The van der Waals surface area contributed by atoms with Gasteiger partial charge < -0.3 is 20.3 Å². The van der Waals surface area contributed by atoms with Gasteiger partial charge in [-0.3, -0.25) is 0 Å². The van der Waals surface area contributed by atoms with Gasteiger partial charge in [-0.1, -0.05) is 12.1 Å². The van der Waals surface area contributed by atoms with E-state index in [2.05, 4.69) is 53.6 Å². The van der Waals surface area contributed by atoms with Gasteiger partial charge in [0.1, 0.15) is 5.75 Å². The minimum absolute atomic E-state index is 0.378. The molecular weight excluding hydrogens is 344 g/mol. The fraction of sp³-hybridized carbons (Fsp3) is 0.450. The highest BCUT2D eigenvalue weighted by Gasteiger charge is 2.25. The maximum Gasteiger partial charge on any atom is 0.191 e. The molecule has 1 aliphatic heterocycles. The van der Waals surface area contributed by atoms with Crippen LogP contribution in [0.4, 0.5) is 5.69 Å². The highest BCUT2D eigenvalue weighted by atomic mass is 32.1. The molecule has 0 radical (unpaired) electrons. The van der Waals surface area contributed by atoms with Gasteiger partial charge in [-0.15, -0.1) is 11.3 Å². The summed E-state index contributed by atoms with van der Waals surface area (Å²) in [6, 6.07) is 12.9. The smallest absolute Gasteiger partial charge is 0.191 e. The molecule has 1 saturated heterocycles. The average molecular weight is 373 g/mol. The van der Waals surface area contributed by atoms with E-state index in [-0.39, 0.29) is 0 Å². The second-order valence-electron chi connectivity index (χ2n) is 6.46. The van der Waals surface area contributed by atoms with Crippen LogP contribution in [0.5, 0.6) is 5.75 Å². The lowest BCUT2D eigenvalue weighted by Crippen LogP contribution is -2.44. The molecule has 1 atom stereocenters. The zero-order valence-corrected chi connectivity index (χ0v) is 16.6. The van der Waals surface area contributed by atoms with Crippen molar-refractivity contribution in [3.05, 3.63) is 46.2 Å². The topological polar surface area (TPSA) is 48.9 Å². The highest BCUT2D eigenvalue weighted by Crippen LogP contribution is 2.30. The number of benzene rings is 1. The standard InChI is InChI=1S/C20H28N4OS/c1-4-21-20(22-13-17-10-9-15(2)26-17)23-16-11-12-24(14-16)18-7-5-6-8-19(18)25-3/h5-10,16H,4,11-14H2,1-3H3,(H2,21,22,23). The van der Waals surface area contributed by atoms with Crippen molar-refractivity contribution in [2.75, 3.05) is 31.6 Å². The fourth-order valence-corrected chi connectivity index (χ4v) is 4.04. The molecule has 140 valence electrons. The third kappa shape index (κ3) is 4.69. The molecule has 2 heterocycles. The van der Waals surface area contributed by atoms with Gasteiger partial charge in [-0.2, -0.15) is 0 Å². The third-order valence-corrected chi connectivity index (χ3v) is 5.47.